The Labute approximate surface area is 108 Å². The zero-order valence-corrected chi connectivity index (χ0v) is 11.2. The topological polar surface area (TPSA) is 71.8 Å². The number of carbonyl (C=O) groups excluding carboxylic acids is 1. The van der Waals surface area contributed by atoms with Crippen LogP contribution >= 0.6 is 0 Å². The number of nitriles is 1. The van der Waals surface area contributed by atoms with Crippen LogP contribution < -0.4 is 0 Å². The molecule has 0 saturated heterocycles. The highest BCUT2D eigenvalue weighted by Gasteiger charge is 2.07. The van der Waals surface area contributed by atoms with Gasteiger partial charge in [-0.2, -0.15) is 5.26 Å². The molecule has 0 aliphatic rings. The highest BCUT2D eigenvalue weighted by Crippen LogP contribution is 1.90. The molecule has 0 spiro atoms. The van der Waals surface area contributed by atoms with Crippen LogP contribution in [0.5, 0.6) is 0 Å². The third kappa shape index (κ3) is 10.0. The third-order valence-corrected chi connectivity index (χ3v) is 2.22. The van der Waals surface area contributed by atoms with Gasteiger partial charge in [-0.25, -0.2) is 0 Å². The van der Waals surface area contributed by atoms with Crippen LogP contribution in [0.4, 0.5) is 0 Å². The van der Waals surface area contributed by atoms with Crippen molar-refractivity contribution in [1.82, 2.24) is 4.90 Å². The Balaban J connectivity index is 3.32. The average molecular weight is 258 g/mol. The Hall–Kier alpha value is -1.16. The normalized spacial score (nSPS) is 10.1. The van der Waals surface area contributed by atoms with Crippen LogP contribution in [0, 0.1) is 11.3 Å². The molecule has 0 fully saturated rings. The van der Waals surface area contributed by atoms with E-state index in [0.717, 1.165) is 6.42 Å². The summed E-state index contributed by atoms with van der Waals surface area (Å²) in [7, 11) is 3.31. The monoisotopic (exact) mass is 258 g/mol. The maximum Gasteiger partial charge on any atom is 0.248 e. The zero-order chi connectivity index (χ0) is 13.6. The number of rotatable bonds is 11. The van der Waals surface area contributed by atoms with Crippen LogP contribution in [-0.2, 0) is 19.0 Å². The van der Waals surface area contributed by atoms with Crippen molar-refractivity contribution >= 4 is 5.91 Å². The summed E-state index contributed by atoms with van der Waals surface area (Å²) in [4.78, 5) is 12.9. The Morgan fingerprint density at radius 1 is 1.22 bits per heavy atom. The fraction of sp³-hybridized carbons (Fsp3) is 0.833. The first-order valence-electron chi connectivity index (χ1n) is 5.97. The van der Waals surface area contributed by atoms with E-state index in [1.54, 1.807) is 14.2 Å². The van der Waals surface area contributed by atoms with Gasteiger partial charge in [-0.15, -0.1) is 0 Å². The van der Waals surface area contributed by atoms with Gasteiger partial charge in [-0.1, -0.05) is 0 Å². The van der Waals surface area contributed by atoms with Gasteiger partial charge in [0.05, 0.1) is 25.7 Å². The molecule has 0 aliphatic heterocycles. The molecule has 6 nitrogen and oxygen atoms in total. The molecule has 0 atom stereocenters. The van der Waals surface area contributed by atoms with Crippen molar-refractivity contribution in [2.75, 3.05) is 53.7 Å². The minimum atomic E-state index is -0.121. The first-order chi connectivity index (χ1) is 8.72. The van der Waals surface area contributed by atoms with Crippen molar-refractivity contribution in [3.63, 3.8) is 0 Å². The number of likely N-dealkylation sites (N-methyl/N-ethyl adjacent to an activating group) is 1. The van der Waals surface area contributed by atoms with E-state index in [2.05, 4.69) is 0 Å². The number of methoxy groups -OCH3 is 1. The summed E-state index contributed by atoms with van der Waals surface area (Å²) in [6, 6.07) is 1.99. The SMILES string of the molecule is COCCCOCCOCC(=O)N(C)CCC#N. The molecule has 0 unspecified atom stereocenters. The lowest BCUT2D eigenvalue weighted by Crippen LogP contribution is -2.31. The van der Waals surface area contributed by atoms with Gasteiger partial charge in [-0.05, 0) is 6.42 Å². The smallest absolute Gasteiger partial charge is 0.248 e. The van der Waals surface area contributed by atoms with E-state index in [9.17, 15) is 4.79 Å². The average Bonchev–Trinajstić information content (AvgIpc) is 2.38. The lowest BCUT2D eigenvalue weighted by atomic mass is 10.4. The van der Waals surface area contributed by atoms with E-state index in [1.165, 1.54) is 4.90 Å². The van der Waals surface area contributed by atoms with Gasteiger partial charge in [0, 0.05) is 33.9 Å². The second kappa shape index (κ2) is 12.3. The van der Waals surface area contributed by atoms with Crippen molar-refractivity contribution in [2.45, 2.75) is 12.8 Å². The van der Waals surface area contributed by atoms with Gasteiger partial charge < -0.3 is 19.1 Å². The molecule has 0 rings (SSSR count). The molecular formula is C12H22N2O4. The predicted molar refractivity (Wildman–Crippen MR) is 66.0 cm³/mol. The summed E-state index contributed by atoms with van der Waals surface area (Å²) in [5.41, 5.74) is 0. The Bertz CT molecular complexity index is 253. The maximum absolute atomic E-state index is 11.5. The van der Waals surface area contributed by atoms with E-state index in [1.807, 2.05) is 6.07 Å². The summed E-state index contributed by atoms with van der Waals surface area (Å²) in [6.45, 7) is 2.65. The summed E-state index contributed by atoms with van der Waals surface area (Å²) in [5, 5.41) is 8.39. The molecule has 0 bridgehead atoms. The highest BCUT2D eigenvalue weighted by atomic mass is 16.5. The summed E-state index contributed by atoms with van der Waals surface area (Å²) in [6.07, 6.45) is 1.19. The van der Waals surface area contributed by atoms with Crippen LogP contribution in [0.25, 0.3) is 0 Å². The molecule has 0 heterocycles. The molecule has 0 saturated carbocycles. The van der Waals surface area contributed by atoms with Gasteiger partial charge in [0.2, 0.25) is 5.91 Å². The maximum atomic E-state index is 11.5. The molecule has 0 aromatic heterocycles. The van der Waals surface area contributed by atoms with Gasteiger partial charge in [0.1, 0.15) is 6.61 Å². The quantitative estimate of drug-likeness (QED) is 0.502. The third-order valence-electron chi connectivity index (χ3n) is 2.22. The second-order valence-corrected chi connectivity index (χ2v) is 3.73. The number of carbonyl (C=O) groups is 1. The fourth-order valence-corrected chi connectivity index (χ4v) is 1.14. The van der Waals surface area contributed by atoms with Gasteiger partial charge in [0.25, 0.3) is 0 Å². The minimum Gasteiger partial charge on any atom is -0.385 e. The summed E-state index contributed by atoms with van der Waals surface area (Å²) >= 11 is 0. The standard InChI is InChI=1S/C12H22N2O4/c1-14(6-3-5-13)12(15)11-18-10-9-17-8-4-7-16-2/h3-4,6-11H2,1-2H3. The van der Waals surface area contributed by atoms with E-state index in [0.29, 0.717) is 39.4 Å². The van der Waals surface area contributed by atoms with Gasteiger partial charge >= 0.3 is 0 Å². The van der Waals surface area contributed by atoms with Crippen LogP contribution in [0.2, 0.25) is 0 Å². The number of ether oxygens (including phenoxy) is 3. The van der Waals surface area contributed by atoms with E-state index in [-0.39, 0.29) is 12.5 Å². The van der Waals surface area contributed by atoms with Gasteiger partial charge in [0.15, 0.2) is 0 Å². The van der Waals surface area contributed by atoms with Crippen LogP contribution in [0.3, 0.4) is 0 Å². The summed E-state index contributed by atoms with van der Waals surface area (Å²) < 4.78 is 15.3. The van der Waals surface area contributed by atoms with E-state index >= 15 is 0 Å². The van der Waals surface area contributed by atoms with Crippen LogP contribution in [-0.4, -0.2) is 64.5 Å². The van der Waals surface area contributed by atoms with Crippen LogP contribution in [0.1, 0.15) is 12.8 Å². The number of amides is 1. The highest BCUT2D eigenvalue weighted by molar-refractivity contribution is 5.77. The van der Waals surface area contributed by atoms with E-state index < -0.39 is 0 Å². The molecule has 0 radical (unpaired) electrons. The van der Waals surface area contributed by atoms with Gasteiger partial charge in [-0.3, -0.25) is 4.79 Å². The number of hydrogen-bond acceptors (Lipinski definition) is 5. The van der Waals surface area contributed by atoms with E-state index in [4.69, 9.17) is 19.5 Å². The number of nitrogens with zero attached hydrogens (tertiary/aromatic N) is 2. The molecule has 0 aromatic carbocycles. The number of hydrogen-bond donors (Lipinski definition) is 0. The van der Waals surface area contributed by atoms with Crippen molar-refractivity contribution in [2.24, 2.45) is 0 Å². The molecule has 6 heteroatoms. The lowest BCUT2D eigenvalue weighted by molar-refractivity contribution is -0.135. The zero-order valence-electron chi connectivity index (χ0n) is 11.2. The Morgan fingerprint density at radius 3 is 2.61 bits per heavy atom. The van der Waals surface area contributed by atoms with Crippen molar-refractivity contribution in [3.05, 3.63) is 0 Å². The fourth-order valence-electron chi connectivity index (χ4n) is 1.14. The Morgan fingerprint density at radius 2 is 1.94 bits per heavy atom. The first kappa shape index (κ1) is 16.8. The predicted octanol–water partition coefficient (Wildman–Crippen LogP) is 0.428. The molecule has 18 heavy (non-hydrogen) atoms. The molecule has 104 valence electrons. The summed E-state index contributed by atoms with van der Waals surface area (Å²) in [5.74, 6) is -0.121. The second-order valence-electron chi connectivity index (χ2n) is 3.73. The van der Waals surface area contributed by atoms with Crippen LogP contribution in [0.15, 0.2) is 0 Å². The van der Waals surface area contributed by atoms with Crippen molar-refractivity contribution in [3.8, 4) is 6.07 Å². The Kier molecular flexibility index (Phi) is 11.5. The first-order valence-corrected chi connectivity index (χ1v) is 5.97. The largest absolute Gasteiger partial charge is 0.385 e. The van der Waals surface area contributed by atoms with Crippen molar-refractivity contribution < 1.29 is 19.0 Å². The minimum absolute atomic E-state index is 0.0311. The molecule has 0 aromatic rings. The molecule has 1 amide bonds. The molecule has 0 aliphatic carbocycles. The molecule has 0 N–H and O–H groups in total. The molecular weight excluding hydrogens is 236 g/mol. The van der Waals surface area contributed by atoms with Crippen molar-refractivity contribution in [1.29, 1.82) is 5.26 Å². The lowest BCUT2D eigenvalue weighted by Gasteiger charge is -2.15.